The van der Waals surface area contributed by atoms with Gasteiger partial charge in [-0.25, -0.2) is 0 Å². The van der Waals surface area contributed by atoms with Crippen LogP contribution in [-0.4, -0.2) is 12.2 Å². The van der Waals surface area contributed by atoms with Crippen molar-refractivity contribution in [2.45, 2.75) is 46.3 Å². The van der Waals surface area contributed by atoms with Crippen molar-refractivity contribution in [1.82, 2.24) is 0 Å². The average molecular weight is 223 g/mol. The molecule has 0 aromatic heterocycles. The molecule has 1 aromatic carbocycles. The summed E-state index contributed by atoms with van der Waals surface area (Å²) in [5, 5.41) is 0. The predicted octanol–water partition coefficient (Wildman–Crippen LogP) is 3.23. The SMILES string of the molecule is CCC(C)Oc1ccc(N)c(OC(C)C)c1. The Bertz CT molecular complexity index is 337. The molecule has 0 amide bonds. The Morgan fingerprint density at radius 1 is 1.19 bits per heavy atom. The molecule has 0 saturated carbocycles. The zero-order chi connectivity index (χ0) is 12.1. The van der Waals surface area contributed by atoms with E-state index in [1.54, 1.807) is 0 Å². The first kappa shape index (κ1) is 12.7. The highest BCUT2D eigenvalue weighted by molar-refractivity contribution is 5.55. The van der Waals surface area contributed by atoms with Crippen molar-refractivity contribution in [3.8, 4) is 11.5 Å². The van der Waals surface area contributed by atoms with Gasteiger partial charge in [0.1, 0.15) is 11.5 Å². The second kappa shape index (κ2) is 5.64. The first-order valence-corrected chi connectivity index (χ1v) is 5.75. The number of benzene rings is 1. The summed E-state index contributed by atoms with van der Waals surface area (Å²) in [5.74, 6) is 1.50. The molecule has 0 spiro atoms. The molecule has 3 heteroatoms. The number of nitrogens with two attached hydrogens (primary N) is 1. The van der Waals surface area contributed by atoms with Gasteiger partial charge in [0.25, 0.3) is 0 Å². The number of rotatable bonds is 5. The molecule has 16 heavy (non-hydrogen) atoms. The zero-order valence-corrected chi connectivity index (χ0v) is 10.5. The number of hydrogen-bond acceptors (Lipinski definition) is 3. The number of nitrogen functional groups attached to an aromatic ring is 1. The molecule has 0 saturated heterocycles. The van der Waals surface area contributed by atoms with E-state index in [2.05, 4.69) is 6.92 Å². The van der Waals surface area contributed by atoms with Crippen molar-refractivity contribution in [2.24, 2.45) is 0 Å². The average Bonchev–Trinajstić information content (AvgIpc) is 2.22. The topological polar surface area (TPSA) is 44.5 Å². The smallest absolute Gasteiger partial charge is 0.146 e. The molecule has 0 radical (unpaired) electrons. The van der Waals surface area contributed by atoms with Gasteiger partial charge in [0.15, 0.2) is 0 Å². The van der Waals surface area contributed by atoms with E-state index in [-0.39, 0.29) is 12.2 Å². The first-order valence-electron chi connectivity index (χ1n) is 5.75. The molecule has 0 fully saturated rings. The molecule has 1 atom stereocenters. The van der Waals surface area contributed by atoms with Crippen molar-refractivity contribution in [3.05, 3.63) is 18.2 Å². The van der Waals surface area contributed by atoms with Gasteiger partial charge < -0.3 is 15.2 Å². The zero-order valence-electron chi connectivity index (χ0n) is 10.5. The van der Waals surface area contributed by atoms with Crippen LogP contribution in [0.3, 0.4) is 0 Å². The van der Waals surface area contributed by atoms with Crippen LogP contribution in [-0.2, 0) is 0 Å². The van der Waals surface area contributed by atoms with E-state index in [4.69, 9.17) is 15.2 Å². The maximum Gasteiger partial charge on any atom is 0.146 e. The molecule has 0 bridgehead atoms. The minimum atomic E-state index is 0.112. The number of hydrogen-bond donors (Lipinski definition) is 1. The predicted molar refractivity (Wildman–Crippen MR) is 67.0 cm³/mol. The quantitative estimate of drug-likeness (QED) is 0.779. The lowest BCUT2D eigenvalue weighted by atomic mass is 10.2. The van der Waals surface area contributed by atoms with Crippen molar-refractivity contribution in [2.75, 3.05) is 5.73 Å². The van der Waals surface area contributed by atoms with Crippen LogP contribution < -0.4 is 15.2 Å². The molecule has 0 aliphatic heterocycles. The summed E-state index contributed by atoms with van der Waals surface area (Å²) < 4.78 is 11.3. The van der Waals surface area contributed by atoms with E-state index in [0.29, 0.717) is 11.4 Å². The lowest BCUT2D eigenvalue weighted by molar-refractivity contribution is 0.212. The third-order valence-electron chi connectivity index (χ3n) is 2.26. The van der Waals surface area contributed by atoms with Crippen LogP contribution in [0, 0.1) is 0 Å². The van der Waals surface area contributed by atoms with Gasteiger partial charge in [-0.1, -0.05) is 6.92 Å². The minimum absolute atomic E-state index is 0.112. The van der Waals surface area contributed by atoms with E-state index in [0.717, 1.165) is 12.2 Å². The van der Waals surface area contributed by atoms with Crippen LogP contribution in [0.25, 0.3) is 0 Å². The highest BCUT2D eigenvalue weighted by Crippen LogP contribution is 2.28. The molecular weight excluding hydrogens is 202 g/mol. The molecular formula is C13H21NO2. The Hall–Kier alpha value is -1.38. The third-order valence-corrected chi connectivity index (χ3v) is 2.26. The molecule has 2 N–H and O–H groups in total. The second-order valence-corrected chi connectivity index (χ2v) is 4.20. The Balaban J connectivity index is 2.80. The van der Waals surface area contributed by atoms with Crippen molar-refractivity contribution in [3.63, 3.8) is 0 Å². The summed E-state index contributed by atoms with van der Waals surface area (Å²) in [5.41, 5.74) is 6.46. The van der Waals surface area contributed by atoms with E-state index in [1.165, 1.54) is 0 Å². The molecule has 0 aliphatic carbocycles. The van der Waals surface area contributed by atoms with Gasteiger partial charge in [0.2, 0.25) is 0 Å². The monoisotopic (exact) mass is 223 g/mol. The van der Waals surface area contributed by atoms with Gasteiger partial charge in [-0.15, -0.1) is 0 Å². The Labute approximate surface area is 97.6 Å². The number of anilines is 1. The van der Waals surface area contributed by atoms with Gasteiger partial charge in [0.05, 0.1) is 17.9 Å². The van der Waals surface area contributed by atoms with Crippen LogP contribution in [0.15, 0.2) is 18.2 Å². The summed E-state index contributed by atoms with van der Waals surface area (Å²) in [6, 6.07) is 5.53. The molecule has 0 heterocycles. The van der Waals surface area contributed by atoms with Crippen LogP contribution in [0.5, 0.6) is 11.5 Å². The summed E-state index contributed by atoms with van der Waals surface area (Å²) >= 11 is 0. The van der Waals surface area contributed by atoms with Crippen LogP contribution in [0.4, 0.5) is 5.69 Å². The van der Waals surface area contributed by atoms with Gasteiger partial charge in [-0.3, -0.25) is 0 Å². The summed E-state index contributed by atoms with van der Waals surface area (Å²) in [7, 11) is 0. The Morgan fingerprint density at radius 3 is 2.44 bits per heavy atom. The van der Waals surface area contributed by atoms with Crippen molar-refractivity contribution >= 4 is 5.69 Å². The molecule has 90 valence electrons. The molecule has 3 nitrogen and oxygen atoms in total. The lowest BCUT2D eigenvalue weighted by Crippen LogP contribution is -2.11. The van der Waals surface area contributed by atoms with Crippen LogP contribution >= 0.6 is 0 Å². The lowest BCUT2D eigenvalue weighted by Gasteiger charge is -2.16. The molecule has 1 unspecified atom stereocenters. The van der Waals surface area contributed by atoms with Crippen molar-refractivity contribution in [1.29, 1.82) is 0 Å². The maximum absolute atomic E-state index is 5.82. The fraction of sp³-hybridized carbons (Fsp3) is 0.538. The summed E-state index contributed by atoms with van der Waals surface area (Å²) in [6.45, 7) is 8.08. The molecule has 0 aliphatic rings. The molecule has 1 rings (SSSR count). The minimum Gasteiger partial charge on any atom is -0.491 e. The highest BCUT2D eigenvalue weighted by Gasteiger charge is 2.07. The molecule has 1 aromatic rings. The van der Waals surface area contributed by atoms with Gasteiger partial charge >= 0.3 is 0 Å². The van der Waals surface area contributed by atoms with E-state index >= 15 is 0 Å². The van der Waals surface area contributed by atoms with Gasteiger partial charge in [-0.2, -0.15) is 0 Å². The van der Waals surface area contributed by atoms with E-state index in [9.17, 15) is 0 Å². The Kier molecular flexibility index (Phi) is 4.47. The fourth-order valence-electron chi connectivity index (χ4n) is 1.26. The second-order valence-electron chi connectivity index (χ2n) is 4.20. The van der Waals surface area contributed by atoms with Gasteiger partial charge in [-0.05, 0) is 39.3 Å². The maximum atomic E-state index is 5.82. The normalized spacial score (nSPS) is 12.6. The van der Waals surface area contributed by atoms with Crippen LogP contribution in [0.2, 0.25) is 0 Å². The van der Waals surface area contributed by atoms with E-state index in [1.807, 2.05) is 39.0 Å². The first-order chi connectivity index (χ1) is 7.52. The summed E-state index contributed by atoms with van der Waals surface area (Å²) in [6.07, 6.45) is 1.29. The highest BCUT2D eigenvalue weighted by atomic mass is 16.5. The van der Waals surface area contributed by atoms with E-state index < -0.39 is 0 Å². The largest absolute Gasteiger partial charge is 0.491 e. The van der Waals surface area contributed by atoms with Crippen molar-refractivity contribution < 1.29 is 9.47 Å². The van der Waals surface area contributed by atoms with Gasteiger partial charge in [0, 0.05) is 6.07 Å². The van der Waals surface area contributed by atoms with Crippen LogP contribution in [0.1, 0.15) is 34.1 Å². The fourth-order valence-corrected chi connectivity index (χ4v) is 1.26. The third kappa shape index (κ3) is 3.65. The standard InChI is InChI=1S/C13H21NO2/c1-5-10(4)16-11-6-7-12(14)13(8-11)15-9(2)3/h6-10H,5,14H2,1-4H3. The Morgan fingerprint density at radius 2 is 1.88 bits per heavy atom. The summed E-state index contributed by atoms with van der Waals surface area (Å²) in [4.78, 5) is 0. The number of ether oxygens (including phenoxy) is 2.